The van der Waals surface area contributed by atoms with E-state index in [4.69, 9.17) is 26.7 Å². The predicted octanol–water partition coefficient (Wildman–Crippen LogP) is 5.25. The number of unbranched alkanes of at least 4 members (excludes halogenated alkanes) is 11. The lowest BCUT2D eigenvalue weighted by Gasteiger charge is -2.10. The Labute approximate surface area is 207 Å². The lowest BCUT2D eigenvalue weighted by molar-refractivity contribution is -0.144. The van der Waals surface area contributed by atoms with E-state index in [-0.39, 0.29) is 11.9 Å². The average molecular weight is 485 g/mol. The van der Waals surface area contributed by atoms with Crippen molar-refractivity contribution in [1.29, 1.82) is 5.41 Å². The third-order valence-electron chi connectivity index (χ3n) is 5.25. The number of hydrogen-bond acceptors (Lipinski definition) is 5. The Bertz CT molecular complexity index is 527. The van der Waals surface area contributed by atoms with E-state index in [2.05, 4.69) is 24.4 Å². The summed E-state index contributed by atoms with van der Waals surface area (Å²) in [5.74, 6) is -1.12. The van der Waals surface area contributed by atoms with Crippen molar-refractivity contribution in [2.75, 3.05) is 13.2 Å². The fourth-order valence-corrected chi connectivity index (χ4v) is 3.26. The molecule has 0 spiro atoms. The SMILES string of the molecule is CCCCCCCC/C=C\CCCCCCCC(=O)O.CCOC(=O)[C@@H](N)CCCNC(=N)N. The molecule has 0 saturated carbocycles. The van der Waals surface area contributed by atoms with Gasteiger partial charge >= 0.3 is 11.9 Å². The molecule has 7 N–H and O–H groups in total. The lowest BCUT2D eigenvalue weighted by atomic mass is 10.1. The maximum Gasteiger partial charge on any atom is 0.322 e. The molecule has 0 aromatic carbocycles. The number of nitrogens with one attached hydrogen (secondary N) is 2. The summed E-state index contributed by atoms with van der Waals surface area (Å²) in [6.45, 7) is 4.89. The minimum Gasteiger partial charge on any atom is -0.481 e. The average Bonchev–Trinajstić information content (AvgIpc) is 2.79. The zero-order valence-electron chi connectivity index (χ0n) is 21.8. The number of hydrogen-bond donors (Lipinski definition) is 5. The van der Waals surface area contributed by atoms with Crippen LogP contribution in [0.1, 0.15) is 117 Å². The van der Waals surface area contributed by atoms with Crippen molar-refractivity contribution in [1.82, 2.24) is 5.32 Å². The van der Waals surface area contributed by atoms with Crippen molar-refractivity contribution < 1.29 is 19.4 Å². The maximum absolute atomic E-state index is 11.0. The third kappa shape index (κ3) is 29.9. The Kier molecular flexibility index (Phi) is 27.2. The minimum absolute atomic E-state index is 0.0743. The highest BCUT2D eigenvalue weighted by molar-refractivity contribution is 5.75. The van der Waals surface area contributed by atoms with Crippen LogP contribution < -0.4 is 16.8 Å². The number of esters is 1. The highest BCUT2D eigenvalue weighted by Gasteiger charge is 2.13. The first-order chi connectivity index (χ1) is 16.3. The van der Waals surface area contributed by atoms with Gasteiger partial charge < -0.3 is 26.6 Å². The number of carboxylic acid groups (broad SMARTS) is 1. The number of guanidine groups is 1. The van der Waals surface area contributed by atoms with Crippen LogP contribution in [0.4, 0.5) is 0 Å². The first kappa shape index (κ1) is 34.1. The second kappa shape index (κ2) is 27.2. The zero-order chi connectivity index (χ0) is 25.9. The number of aliphatic carboxylic acids is 1. The molecule has 0 bridgehead atoms. The molecular formula is C26H52N4O4. The zero-order valence-corrected chi connectivity index (χ0v) is 21.8. The molecule has 34 heavy (non-hydrogen) atoms. The second-order valence-corrected chi connectivity index (χ2v) is 8.57. The Morgan fingerprint density at radius 2 is 1.44 bits per heavy atom. The van der Waals surface area contributed by atoms with Crippen LogP contribution >= 0.6 is 0 Å². The van der Waals surface area contributed by atoms with E-state index in [1.54, 1.807) is 6.92 Å². The van der Waals surface area contributed by atoms with Gasteiger partial charge in [0.05, 0.1) is 6.61 Å². The highest BCUT2D eigenvalue weighted by atomic mass is 16.5. The largest absolute Gasteiger partial charge is 0.481 e. The molecule has 0 aliphatic carbocycles. The number of carboxylic acids is 1. The van der Waals surface area contributed by atoms with Gasteiger partial charge in [-0.25, -0.2) is 0 Å². The smallest absolute Gasteiger partial charge is 0.322 e. The van der Waals surface area contributed by atoms with Crippen LogP contribution in [-0.2, 0) is 14.3 Å². The van der Waals surface area contributed by atoms with Crippen molar-refractivity contribution >= 4 is 17.9 Å². The molecule has 0 aromatic heterocycles. The molecule has 0 aromatic rings. The monoisotopic (exact) mass is 484 g/mol. The van der Waals surface area contributed by atoms with Crippen molar-refractivity contribution in [3.8, 4) is 0 Å². The summed E-state index contributed by atoms with van der Waals surface area (Å²) in [6, 6.07) is -0.580. The summed E-state index contributed by atoms with van der Waals surface area (Å²) in [6.07, 6.45) is 22.4. The van der Waals surface area contributed by atoms with Crippen molar-refractivity contribution in [3.05, 3.63) is 12.2 Å². The van der Waals surface area contributed by atoms with Gasteiger partial charge in [0.25, 0.3) is 0 Å². The summed E-state index contributed by atoms with van der Waals surface area (Å²) in [5.41, 5.74) is 10.6. The molecule has 8 nitrogen and oxygen atoms in total. The highest BCUT2D eigenvalue weighted by Crippen LogP contribution is 2.09. The fraction of sp³-hybridized carbons (Fsp3) is 0.808. The minimum atomic E-state index is -0.664. The molecule has 0 heterocycles. The quantitative estimate of drug-likeness (QED) is 0.0490. The summed E-state index contributed by atoms with van der Waals surface area (Å²) in [5, 5.41) is 18.0. The van der Waals surface area contributed by atoms with Crippen LogP contribution in [0.15, 0.2) is 12.2 Å². The molecule has 0 fully saturated rings. The van der Waals surface area contributed by atoms with Crippen LogP contribution in [-0.4, -0.2) is 42.2 Å². The molecule has 8 heteroatoms. The molecule has 0 aliphatic rings. The van der Waals surface area contributed by atoms with Crippen LogP contribution in [0.3, 0.4) is 0 Å². The van der Waals surface area contributed by atoms with Crippen molar-refractivity contribution in [3.63, 3.8) is 0 Å². The summed E-state index contributed by atoms with van der Waals surface area (Å²) in [7, 11) is 0. The van der Waals surface area contributed by atoms with Crippen molar-refractivity contribution in [2.45, 2.75) is 123 Å². The Balaban J connectivity index is 0. The van der Waals surface area contributed by atoms with Gasteiger partial charge in [-0.3, -0.25) is 15.0 Å². The fourth-order valence-electron chi connectivity index (χ4n) is 3.26. The van der Waals surface area contributed by atoms with Crippen LogP contribution in [0, 0.1) is 5.41 Å². The summed E-state index contributed by atoms with van der Waals surface area (Å²) >= 11 is 0. The van der Waals surface area contributed by atoms with Gasteiger partial charge in [0.15, 0.2) is 5.96 Å². The van der Waals surface area contributed by atoms with E-state index in [1.165, 1.54) is 70.6 Å². The van der Waals surface area contributed by atoms with E-state index in [9.17, 15) is 9.59 Å². The van der Waals surface area contributed by atoms with E-state index in [0.717, 1.165) is 12.8 Å². The Morgan fingerprint density at radius 1 is 0.912 bits per heavy atom. The first-order valence-electron chi connectivity index (χ1n) is 13.2. The van der Waals surface area contributed by atoms with E-state index in [1.807, 2.05) is 0 Å². The van der Waals surface area contributed by atoms with Gasteiger partial charge in [0, 0.05) is 13.0 Å². The van der Waals surface area contributed by atoms with Crippen LogP contribution in [0.25, 0.3) is 0 Å². The van der Waals surface area contributed by atoms with E-state index in [0.29, 0.717) is 32.4 Å². The molecule has 0 rings (SSSR count). The summed E-state index contributed by atoms with van der Waals surface area (Å²) in [4.78, 5) is 21.4. The number of allylic oxidation sites excluding steroid dienone is 2. The first-order valence-corrected chi connectivity index (χ1v) is 13.2. The molecule has 0 unspecified atom stereocenters. The molecular weight excluding hydrogens is 432 g/mol. The predicted molar refractivity (Wildman–Crippen MR) is 141 cm³/mol. The van der Waals surface area contributed by atoms with E-state index < -0.39 is 12.0 Å². The molecule has 0 radical (unpaired) electrons. The Hall–Kier alpha value is -2.09. The van der Waals surface area contributed by atoms with Crippen molar-refractivity contribution in [2.24, 2.45) is 11.5 Å². The third-order valence-corrected chi connectivity index (χ3v) is 5.25. The number of nitrogens with two attached hydrogens (primary N) is 2. The molecule has 200 valence electrons. The van der Waals surface area contributed by atoms with Gasteiger partial charge in [-0.15, -0.1) is 0 Å². The van der Waals surface area contributed by atoms with E-state index >= 15 is 0 Å². The van der Waals surface area contributed by atoms with Gasteiger partial charge in [0.2, 0.25) is 0 Å². The van der Waals surface area contributed by atoms with Gasteiger partial charge in [-0.2, -0.15) is 0 Å². The molecule has 0 saturated heterocycles. The number of carbonyl (C=O) groups excluding carboxylic acids is 1. The number of rotatable bonds is 21. The standard InChI is InChI=1S/C18H34O2.C8H18N4O2/c1-2-3-4-5-6-7-8-9-10-11-12-13-14-15-16-17-18(19)20;1-2-14-7(13)6(9)4-3-5-12-8(10)11/h9-10H,2-8,11-17H2,1H3,(H,19,20);6H,2-5,9H2,1H3,(H4,10,11,12)/b10-9-;/t;6-/m.0/s1. The van der Waals surface area contributed by atoms with Gasteiger partial charge in [-0.1, -0.05) is 70.4 Å². The van der Waals surface area contributed by atoms with Crippen LogP contribution in [0.5, 0.6) is 0 Å². The lowest BCUT2D eigenvalue weighted by Crippen LogP contribution is -2.35. The number of carbonyl (C=O) groups is 2. The van der Waals surface area contributed by atoms with Gasteiger partial charge in [-0.05, 0) is 51.9 Å². The number of ether oxygens (including phenoxy) is 1. The second-order valence-electron chi connectivity index (χ2n) is 8.57. The topological polar surface area (TPSA) is 152 Å². The molecule has 1 atom stereocenters. The normalized spacial score (nSPS) is 11.5. The molecule has 0 amide bonds. The summed E-state index contributed by atoms with van der Waals surface area (Å²) < 4.78 is 4.73. The van der Waals surface area contributed by atoms with Crippen LogP contribution in [0.2, 0.25) is 0 Å². The molecule has 0 aliphatic heterocycles. The maximum atomic E-state index is 11.0. The van der Waals surface area contributed by atoms with Gasteiger partial charge in [0.1, 0.15) is 6.04 Å². The Morgan fingerprint density at radius 3 is 1.94 bits per heavy atom.